The van der Waals surface area contributed by atoms with Gasteiger partial charge in [-0.15, -0.1) is 0 Å². The maximum Gasteiger partial charge on any atom is 0.144 e. The van der Waals surface area contributed by atoms with Crippen LogP contribution in [-0.2, 0) is 5.41 Å². The summed E-state index contributed by atoms with van der Waals surface area (Å²) in [7, 11) is 0. The normalized spacial score (nSPS) is 22.5. The van der Waals surface area contributed by atoms with E-state index in [4.69, 9.17) is 4.74 Å². The number of allylic oxidation sites excluding steroid dienone is 2. The predicted molar refractivity (Wildman–Crippen MR) is 189 cm³/mol. The second-order valence-corrected chi connectivity index (χ2v) is 13.3. The van der Waals surface area contributed by atoms with Gasteiger partial charge in [0, 0.05) is 22.5 Å². The van der Waals surface area contributed by atoms with Gasteiger partial charge in [0.2, 0.25) is 0 Å². The highest BCUT2D eigenvalue weighted by molar-refractivity contribution is 6.13. The number of rotatable bonds is 1. The largest absolute Gasteiger partial charge is 0.481 e. The van der Waals surface area contributed by atoms with Gasteiger partial charge in [0.15, 0.2) is 0 Å². The zero-order valence-electron chi connectivity index (χ0n) is 25.8. The number of anilines is 2. The van der Waals surface area contributed by atoms with Gasteiger partial charge in [-0.1, -0.05) is 103 Å². The summed E-state index contributed by atoms with van der Waals surface area (Å²) in [6, 6.07) is 42.5. The molecule has 3 unspecified atom stereocenters. The van der Waals surface area contributed by atoms with Crippen molar-refractivity contribution in [2.24, 2.45) is 0 Å². The highest BCUT2D eigenvalue weighted by Crippen LogP contribution is 2.65. The molecular formula is C43H29N3O. The summed E-state index contributed by atoms with van der Waals surface area (Å²) in [6.07, 6.45) is 12.4. The molecule has 4 heteroatoms. The molecule has 0 saturated carbocycles. The number of hydrogen-bond donors (Lipinski definition) is 0. The van der Waals surface area contributed by atoms with E-state index in [9.17, 15) is 0 Å². The Morgan fingerprint density at radius 3 is 2.43 bits per heavy atom. The van der Waals surface area contributed by atoms with Gasteiger partial charge in [0.05, 0.1) is 39.7 Å². The van der Waals surface area contributed by atoms with E-state index in [1.54, 1.807) is 0 Å². The summed E-state index contributed by atoms with van der Waals surface area (Å²) in [4.78, 5) is 7.07. The van der Waals surface area contributed by atoms with E-state index < -0.39 is 11.0 Å². The van der Waals surface area contributed by atoms with Crippen LogP contribution in [0.3, 0.4) is 0 Å². The van der Waals surface area contributed by atoms with Crippen LogP contribution in [0, 0.1) is 0 Å². The van der Waals surface area contributed by atoms with Crippen molar-refractivity contribution in [3.63, 3.8) is 0 Å². The minimum Gasteiger partial charge on any atom is -0.481 e. The molecule has 5 aromatic carbocycles. The molecule has 47 heavy (non-hydrogen) atoms. The molecule has 0 saturated heterocycles. The Labute approximate surface area is 272 Å². The second kappa shape index (κ2) is 8.68. The molecule has 0 N–H and O–H groups in total. The first kappa shape index (κ1) is 25.3. The third kappa shape index (κ3) is 2.89. The number of benzene rings is 5. The topological polar surface area (TPSA) is 30.3 Å². The SMILES string of the molecule is CC12C=CC=CC1Oc1ccc3c(c1N2c1cccnc1)-c1ccccc1C31c2ccccc2-n2c3ccccc3c3cccc1c32. The molecular weight excluding hydrogens is 574 g/mol. The van der Waals surface area contributed by atoms with Crippen molar-refractivity contribution in [2.75, 3.05) is 4.90 Å². The molecule has 222 valence electrons. The summed E-state index contributed by atoms with van der Waals surface area (Å²) < 4.78 is 9.42. The minimum absolute atomic E-state index is 0.149. The van der Waals surface area contributed by atoms with Crippen LogP contribution >= 0.6 is 0 Å². The van der Waals surface area contributed by atoms with Gasteiger partial charge in [-0.2, -0.15) is 0 Å². The van der Waals surface area contributed by atoms with Gasteiger partial charge in [-0.3, -0.25) is 4.98 Å². The van der Waals surface area contributed by atoms with Crippen molar-refractivity contribution >= 4 is 33.2 Å². The molecule has 2 aromatic heterocycles. The fourth-order valence-corrected chi connectivity index (χ4v) is 9.27. The third-order valence-electron chi connectivity index (χ3n) is 11.1. The molecule has 0 fully saturated rings. The lowest BCUT2D eigenvalue weighted by Gasteiger charge is -2.50. The molecule has 3 atom stereocenters. The highest BCUT2D eigenvalue weighted by Gasteiger charge is 2.54. The zero-order valence-corrected chi connectivity index (χ0v) is 25.8. The summed E-state index contributed by atoms with van der Waals surface area (Å²) >= 11 is 0. The average Bonchev–Trinajstić information content (AvgIpc) is 3.62. The van der Waals surface area contributed by atoms with E-state index >= 15 is 0 Å². The lowest BCUT2D eigenvalue weighted by Crippen LogP contribution is -2.56. The molecule has 2 aliphatic carbocycles. The zero-order chi connectivity index (χ0) is 30.9. The summed E-state index contributed by atoms with van der Waals surface area (Å²) in [6.45, 7) is 2.28. The Balaban J connectivity index is 1.33. The minimum atomic E-state index is -0.526. The first-order chi connectivity index (χ1) is 23.2. The fraction of sp³-hybridized carbons (Fsp3) is 0.0930. The molecule has 4 heterocycles. The summed E-state index contributed by atoms with van der Waals surface area (Å²) in [5, 5.41) is 2.56. The number of fused-ring (bicyclic) bond motifs is 15. The number of hydrogen-bond acceptors (Lipinski definition) is 3. The van der Waals surface area contributed by atoms with Crippen LogP contribution in [0.15, 0.2) is 152 Å². The Morgan fingerprint density at radius 2 is 1.51 bits per heavy atom. The molecule has 0 amide bonds. The number of aromatic nitrogens is 2. The molecule has 0 radical (unpaired) electrons. The lowest BCUT2D eigenvalue weighted by atomic mass is 9.65. The lowest BCUT2D eigenvalue weighted by molar-refractivity contribution is 0.170. The van der Waals surface area contributed by atoms with Crippen LogP contribution in [0.5, 0.6) is 5.75 Å². The molecule has 2 aliphatic heterocycles. The Hall–Kier alpha value is -5.87. The van der Waals surface area contributed by atoms with Gasteiger partial charge in [-0.25, -0.2) is 0 Å². The maximum atomic E-state index is 6.93. The molecule has 4 nitrogen and oxygen atoms in total. The van der Waals surface area contributed by atoms with E-state index in [2.05, 4.69) is 155 Å². The van der Waals surface area contributed by atoms with E-state index in [0.717, 1.165) is 17.1 Å². The molecule has 1 spiro atoms. The molecule has 4 aliphatic rings. The average molecular weight is 604 g/mol. The van der Waals surface area contributed by atoms with Crippen molar-refractivity contribution in [3.05, 3.63) is 174 Å². The summed E-state index contributed by atoms with van der Waals surface area (Å²) in [5.41, 5.74) is 12.5. The number of para-hydroxylation sites is 3. The quantitative estimate of drug-likeness (QED) is 0.187. The van der Waals surface area contributed by atoms with Crippen LogP contribution in [0.4, 0.5) is 11.4 Å². The Morgan fingerprint density at radius 1 is 0.702 bits per heavy atom. The van der Waals surface area contributed by atoms with Crippen molar-refractivity contribution in [1.29, 1.82) is 0 Å². The van der Waals surface area contributed by atoms with Crippen LogP contribution in [0.2, 0.25) is 0 Å². The van der Waals surface area contributed by atoms with E-state index in [1.165, 1.54) is 60.9 Å². The maximum absolute atomic E-state index is 6.93. The molecule has 7 aromatic rings. The second-order valence-electron chi connectivity index (χ2n) is 13.3. The van der Waals surface area contributed by atoms with Crippen LogP contribution in [0.1, 0.15) is 29.2 Å². The highest BCUT2D eigenvalue weighted by atomic mass is 16.5. The number of pyridine rings is 1. The van der Waals surface area contributed by atoms with Crippen molar-refractivity contribution < 1.29 is 4.74 Å². The molecule has 11 rings (SSSR count). The number of nitrogens with zero attached hydrogens (tertiary/aromatic N) is 3. The smallest absolute Gasteiger partial charge is 0.144 e. The standard InChI is InChI=1S/C43H29N3O/c1-42-24-9-8-21-38(42)47-37-23-22-33-39(41(37)46(42)27-12-11-25-44-26-27)30-14-2-4-16-31(30)43(33)32-17-5-7-20-36(32)45-35-19-6-3-13-28(35)29-15-10-18-34(43)40(29)45/h2-26,38H,1H3. The van der Waals surface area contributed by atoms with Crippen molar-refractivity contribution in [2.45, 2.75) is 24.0 Å². The van der Waals surface area contributed by atoms with Gasteiger partial charge >= 0.3 is 0 Å². The van der Waals surface area contributed by atoms with Gasteiger partial charge in [0.25, 0.3) is 0 Å². The third-order valence-corrected chi connectivity index (χ3v) is 11.1. The summed E-state index contributed by atoms with van der Waals surface area (Å²) in [5.74, 6) is 0.887. The number of ether oxygens (including phenoxy) is 1. The van der Waals surface area contributed by atoms with Crippen LogP contribution < -0.4 is 9.64 Å². The monoisotopic (exact) mass is 603 g/mol. The van der Waals surface area contributed by atoms with E-state index in [-0.39, 0.29) is 6.10 Å². The Bertz CT molecular complexity index is 2540. The molecule has 0 bridgehead atoms. The van der Waals surface area contributed by atoms with Gasteiger partial charge in [0.1, 0.15) is 17.4 Å². The van der Waals surface area contributed by atoms with Crippen molar-refractivity contribution in [1.82, 2.24) is 9.55 Å². The Kier molecular flexibility index (Phi) is 4.68. The van der Waals surface area contributed by atoms with E-state index in [1.807, 2.05) is 18.5 Å². The first-order valence-corrected chi connectivity index (χ1v) is 16.3. The van der Waals surface area contributed by atoms with E-state index in [0.29, 0.717) is 0 Å². The van der Waals surface area contributed by atoms with Crippen molar-refractivity contribution in [3.8, 4) is 22.6 Å². The van der Waals surface area contributed by atoms with Gasteiger partial charge in [-0.05, 0) is 71.1 Å². The fourth-order valence-electron chi connectivity index (χ4n) is 9.27. The first-order valence-electron chi connectivity index (χ1n) is 16.3. The van der Waals surface area contributed by atoms with Crippen LogP contribution in [0.25, 0.3) is 38.6 Å². The predicted octanol–water partition coefficient (Wildman–Crippen LogP) is 9.64. The van der Waals surface area contributed by atoms with Crippen LogP contribution in [-0.4, -0.2) is 21.2 Å². The van der Waals surface area contributed by atoms with Gasteiger partial charge < -0.3 is 14.2 Å².